The van der Waals surface area contributed by atoms with Crippen LogP contribution < -0.4 is 0 Å². The third-order valence-electron chi connectivity index (χ3n) is 4.93. The number of phosphoric acid groups is 1. The fourth-order valence-corrected chi connectivity index (χ4v) is 3.66. The molecule has 0 aromatic carbocycles. The Balaban J connectivity index is 3.65. The van der Waals surface area contributed by atoms with Gasteiger partial charge >= 0.3 is 15.4 Å². The van der Waals surface area contributed by atoms with E-state index >= 15 is 0 Å². The van der Waals surface area contributed by atoms with Gasteiger partial charge in [0.15, 0.2) is 0 Å². The van der Waals surface area contributed by atoms with Gasteiger partial charge in [-0.2, -0.15) is 0 Å². The molecule has 1 unspecified atom stereocenters. The Labute approximate surface area is 176 Å². The molecule has 0 spiro atoms. The van der Waals surface area contributed by atoms with Crippen molar-refractivity contribution in [3.63, 3.8) is 0 Å². The van der Waals surface area contributed by atoms with E-state index in [1.54, 1.807) is 0 Å². The van der Waals surface area contributed by atoms with Crippen LogP contribution in [0.4, 0.5) is 0 Å². The Kier molecular flexibility index (Phi) is 13.7. The molecule has 0 bridgehead atoms. The van der Waals surface area contributed by atoms with E-state index in [0.29, 0.717) is 19.6 Å². The third kappa shape index (κ3) is 21.2. The Bertz CT molecular complexity index is 478. The average molecular weight is 460 g/mol. The molecule has 8 nitrogen and oxygen atoms in total. The minimum Gasteiger partial charge on any atom is -0.381 e. The quantitative estimate of drug-likeness (QED) is 0.190. The van der Waals surface area contributed by atoms with Crippen LogP contribution in [0.3, 0.4) is 0 Å². The molecule has 1 atom stereocenters. The highest BCUT2D eigenvalue weighted by Crippen LogP contribution is 2.39. The van der Waals surface area contributed by atoms with Gasteiger partial charge in [0.2, 0.25) is 0 Å². The molecule has 0 rings (SSSR count). The Morgan fingerprint density at radius 3 is 1.45 bits per heavy atom. The van der Waals surface area contributed by atoms with Crippen molar-refractivity contribution in [2.24, 2.45) is 10.8 Å². The standard InChI is InChI=1S/C19H42O8P2/c1-18(2,12-16-26-28(5,20)21)10-6-8-14-25-15-9-7-11-19(3,4)13-17-27-29(22,23)24/h6-17H2,1-5H3,(H,20,21)(H2,22,23,24). The van der Waals surface area contributed by atoms with Crippen LogP contribution in [0.2, 0.25) is 0 Å². The molecule has 0 aromatic rings. The summed E-state index contributed by atoms with van der Waals surface area (Å²) in [6.45, 7) is 11.4. The monoisotopic (exact) mass is 460 g/mol. The molecule has 0 aromatic heterocycles. The highest BCUT2D eigenvalue weighted by Gasteiger charge is 2.21. The number of ether oxygens (including phenoxy) is 1. The Morgan fingerprint density at radius 1 is 0.655 bits per heavy atom. The molecule has 0 heterocycles. The van der Waals surface area contributed by atoms with Crippen molar-refractivity contribution in [3.05, 3.63) is 0 Å². The molecule has 29 heavy (non-hydrogen) atoms. The molecular weight excluding hydrogens is 418 g/mol. The van der Waals surface area contributed by atoms with Crippen molar-refractivity contribution in [1.29, 1.82) is 0 Å². The van der Waals surface area contributed by atoms with Gasteiger partial charge in [0, 0.05) is 19.9 Å². The lowest BCUT2D eigenvalue weighted by atomic mass is 9.84. The molecule has 0 fully saturated rings. The second-order valence-corrected chi connectivity index (χ2v) is 12.4. The zero-order valence-corrected chi connectivity index (χ0v) is 20.6. The predicted molar refractivity (Wildman–Crippen MR) is 115 cm³/mol. The summed E-state index contributed by atoms with van der Waals surface area (Å²) in [6.07, 6.45) is 7.32. The summed E-state index contributed by atoms with van der Waals surface area (Å²) in [4.78, 5) is 26.6. The van der Waals surface area contributed by atoms with Crippen molar-refractivity contribution < 1.29 is 37.6 Å². The van der Waals surface area contributed by atoms with E-state index in [9.17, 15) is 9.13 Å². The zero-order valence-electron chi connectivity index (χ0n) is 18.8. The first-order valence-corrected chi connectivity index (χ1v) is 13.9. The maximum atomic E-state index is 11.1. The van der Waals surface area contributed by atoms with Crippen molar-refractivity contribution in [2.45, 2.75) is 79.1 Å². The summed E-state index contributed by atoms with van der Waals surface area (Å²) < 4.78 is 37.0. The number of hydrogen-bond donors (Lipinski definition) is 3. The lowest BCUT2D eigenvalue weighted by Crippen LogP contribution is -2.15. The largest absolute Gasteiger partial charge is 0.469 e. The first-order chi connectivity index (χ1) is 13.1. The van der Waals surface area contributed by atoms with Crippen LogP contribution in [-0.4, -0.2) is 47.8 Å². The summed E-state index contributed by atoms with van der Waals surface area (Å²) in [5.41, 5.74) is 0.0519. The second kappa shape index (κ2) is 13.6. The van der Waals surface area contributed by atoms with Crippen molar-refractivity contribution in [3.8, 4) is 0 Å². The summed E-state index contributed by atoms with van der Waals surface area (Å²) in [6, 6.07) is 0. The minimum atomic E-state index is -4.37. The summed E-state index contributed by atoms with van der Waals surface area (Å²) in [7, 11) is -7.76. The molecular formula is C19H42O8P2. The third-order valence-corrected chi connectivity index (χ3v) is 6.11. The van der Waals surface area contributed by atoms with Crippen LogP contribution in [0.15, 0.2) is 0 Å². The lowest BCUT2D eigenvalue weighted by Gasteiger charge is -2.25. The van der Waals surface area contributed by atoms with E-state index in [0.717, 1.165) is 51.6 Å². The predicted octanol–water partition coefficient (Wildman–Crippen LogP) is 5.12. The van der Waals surface area contributed by atoms with Gasteiger partial charge in [-0.15, -0.1) is 0 Å². The van der Waals surface area contributed by atoms with E-state index in [1.165, 1.54) is 6.66 Å². The van der Waals surface area contributed by atoms with Crippen molar-refractivity contribution >= 4 is 15.4 Å². The van der Waals surface area contributed by atoms with Crippen LogP contribution in [0.25, 0.3) is 0 Å². The number of hydrogen-bond acceptors (Lipinski definition) is 5. The number of rotatable bonds is 18. The van der Waals surface area contributed by atoms with E-state index in [4.69, 9.17) is 23.9 Å². The number of phosphoric ester groups is 1. The lowest BCUT2D eigenvalue weighted by molar-refractivity contribution is 0.116. The van der Waals surface area contributed by atoms with E-state index in [2.05, 4.69) is 32.2 Å². The average Bonchev–Trinajstić information content (AvgIpc) is 2.50. The van der Waals surface area contributed by atoms with Gasteiger partial charge in [-0.05, 0) is 49.4 Å². The highest BCUT2D eigenvalue weighted by atomic mass is 31.2. The van der Waals surface area contributed by atoms with Gasteiger partial charge < -0.3 is 23.9 Å². The van der Waals surface area contributed by atoms with E-state index < -0.39 is 15.4 Å². The molecule has 3 N–H and O–H groups in total. The Morgan fingerprint density at radius 2 is 1.07 bits per heavy atom. The topological polar surface area (TPSA) is 123 Å². The molecule has 176 valence electrons. The van der Waals surface area contributed by atoms with Gasteiger partial charge in [-0.3, -0.25) is 9.09 Å². The van der Waals surface area contributed by atoms with E-state index in [-0.39, 0.29) is 17.4 Å². The van der Waals surface area contributed by atoms with Crippen molar-refractivity contribution in [1.82, 2.24) is 0 Å². The van der Waals surface area contributed by atoms with Crippen molar-refractivity contribution in [2.75, 3.05) is 33.1 Å². The summed E-state index contributed by atoms with van der Waals surface area (Å²) in [5, 5.41) is 0. The first-order valence-electron chi connectivity index (χ1n) is 10.3. The SMILES string of the molecule is CC(C)(CCCCOCCCCC(C)(C)CCOP(=O)(O)O)CCOP(C)(=O)O. The molecule has 10 heteroatoms. The number of unbranched alkanes of at least 4 members (excludes halogenated alkanes) is 2. The zero-order chi connectivity index (χ0) is 22.6. The molecule has 0 saturated heterocycles. The minimum absolute atomic E-state index is 0.0218. The summed E-state index contributed by atoms with van der Waals surface area (Å²) >= 11 is 0. The maximum absolute atomic E-state index is 11.1. The molecule has 0 aliphatic heterocycles. The smallest absolute Gasteiger partial charge is 0.381 e. The van der Waals surface area contributed by atoms with E-state index in [1.807, 2.05) is 0 Å². The maximum Gasteiger partial charge on any atom is 0.469 e. The molecule has 0 saturated carbocycles. The van der Waals surface area contributed by atoms with Gasteiger partial charge in [0.1, 0.15) is 0 Å². The molecule has 0 aliphatic carbocycles. The van der Waals surface area contributed by atoms with Gasteiger partial charge in [-0.25, -0.2) is 4.57 Å². The van der Waals surface area contributed by atoms with Crippen LogP contribution in [0, 0.1) is 10.8 Å². The van der Waals surface area contributed by atoms with Crippen LogP contribution >= 0.6 is 15.4 Å². The Hall–Kier alpha value is 0.220. The fourth-order valence-electron chi connectivity index (χ4n) is 2.90. The van der Waals surface area contributed by atoms with Gasteiger partial charge in [0.25, 0.3) is 0 Å². The molecule has 0 radical (unpaired) electrons. The fraction of sp³-hybridized carbons (Fsp3) is 1.00. The first kappa shape index (κ1) is 29.2. The highest BCUT2D eigenvalue weighted by molar-refractivity contribution is 7.51. The van der Waals surface area contributed by atoms with Crippen LogP contribution in [0.1, 0.15) is 79.1 Å². The molecule has 0 amide bonds. The van der Waals surface area contributed by atoms with Gasteiger partial charge in [0.05, 0.1) is 13.2 Å². The van der Waals surface area contributed by atoms with Gasteiger partial charge in [-0.1, -0.05) is 40.5 Å². The molecule has 0 aliphatic rings. The second-order valence-electron chi connectivity index (χ2n) is 9.32. The van der Waals surface area contributed by atoms with Crippen LogP contribution in [-0.2, 0) is 22.9 Å². The summed E-state index contributed by atoms with van der Waals surface area (Å²) in [5.74, 6) is 0. The van der Waals surface area contributed by atoms with Crippen LogP contribution in [0.5, 0.6) is 0 Å². The normalized spacial score (nSPS) is 15.4.